The van der Waals surface area contributed by atoms with Gasteiger partial charge in [-0.3, -0.25) is 0 Å². The molecule has 1 atom stereocenters. The number of aliphatic hydroxyl groups is 1. The van der Waals surface area contributed by atoms with Gasteiger partial charge in [0.1, 0.15) is 0 Å². The zero-order chi connectivity index (χ0) is 15.6. The summed E-state index contributed by atoms with van der Waals surface area (Å²) in [6, 6.07) is 10.5. The van der Waals surface area contributed by atoms with Crippen LogP contribution in [0.15, 0.2) is 46.9 Å². The van der Waals surface area contributed by atoms with Crippen LogP contribution in [-0.2, 0) is 12.6 Å². The third-order valence-electron chi connectivity index (χ3n) is 3.26. The van der Waals surface area contributed by atoms with Crippen molar-refractivity contribution < 1.29 is 18.3 Å². The van der Waals surface area contributed by atoms with Gasteiger partial charge < -0.3 is 5.11 Å². The van der Waals surface area contributed by atoms with E-state index in [0.29, 0.717) is 11.1 Å². The summed E-state index contributed by atoms with van der Waals surface area (Å²) in [5.41, 5.74) is 1.46. The van der Waals surface area contributed by atoms with Crippen molar-refractivity contribution in [3.8, 4) is 0 Å². The van der Waals surface area contributed by atoms with Crippen molar-refractivity contribution in [2.75, 3.05) is 0 Å². The molecular formula is C16H14BrF3O. The van der Waals surface area contributed by atoms with Gasteiger partial charge in [-0.2, -0.15) is 13.2 Å². The van der Waals surface area contributed by atoms with Crippen molar-refractivity contribution in [3.63, 3.8) is 0 Å². The molecule has 2 aromatic rings. The Labute approximate surface area is 129 Å². The van der Waals surface area contributed by atoms with Gasteiger partial charge in [-0.25, -0.2) is 0 Å². The molecule has 0 aliphatic carbocycles. The van der Waals surface area contributed by atoms with Crippen molar-refractivity contribution in [2.24, 2.45) is 0 Å². The van der Waals surface area contributed by atoms with Crippen LogP contribution in [0.3, 0.4) is 0 Å². The highest BCUT2D eigenvalue weighted by molar-refractivity contribution is 9.10. The molecule has 0 bridgehead atoms. The molecule has 112 valence electrons. The maximum atomic E-state index is 12.7. The van der Waals surface area contributed by atoms with Gasteiger partial charge in [0.05, 0.1) is 11.7 Å². The molecular weight excluding hydrogens is 345 g/mol. The van der Waals surface area contributed by atoms with Gasteiger partial charge in [0.15, 0.2) is 0 Å². The first-order chi connectivity index (χ1) is 9.77. The molecule has 0 spiro atoms. The highest BCUT2D eigenvalue weighted by Crippen LogP contribution is 2.31. The Bertz CT molecular complexity index is 638. The predicted octanol–water partition coefficient (Wildman–Crippen LogP) is 5.05. The minimum atomic E-state index is -4.37. The zero-order valence-corrected chi connectivity index (χ0v) is 12.9. The van der Waals surface area contributed by atoms with Crippen molar-refractivity contribution in [1.29, 1.82) is 0 Å². The fourth-order valence-electron chi connectivity index (χ4n) is 2.03. The molecule has 0 amide bonds. The lowest BCUT2D eigenvalue weighted by Gasteiger charge is -2.14. The van der Waals surface area contributed by atoms with Crippen LogP contribution in [0.4, 0.5) is 13.2 Å². The van der Waals surface area contributed by atoms with Gasteiger partial charge in [-0.15, -0.1) is 0 Å². The second kappa shape index (κ2) is 6.20. The summed E-state index contributed by atoms with van der Waals surface area (Å²) in [4.78, 5) is 0. The average Bonchev–Trinajstić information content (AvgIpc) is 2.41. The van der Waals surface area contributed by atoms with Gasteiger partial charge in [-0.1, -0.05) is 46.3 Å². The monoisotopic (exact) mass is 358 g/mol. The lowest BCUT2D eigenvalue weighted by atomic mass is 9.99. The van der Waals surface area contributed by atoms with Crippen molar-refractivity contribution in [1.82, 2.24) is 0 Å². The molecule has 1 unspecified atom stereocenters. The van der Waals surface area contributed by atoms with Crippen LogP contribution in [0.1, 0.15) is 28.4 Å². The highest BCUT2D eigenvalue weighted by Gasteiger charge is 2.30. The normalized spacial score (nSPS) is 13.2. The molecule has 0 heterocycles. The van der Waals surface area contributed by atoms with E-state index in [0.717, 1.165) is 22.2 Å². The van der Waals surface area contributed by atoms with Crippen molar-refractivity contribution in [2.45, 2.75) is 25.6 Å². The smallest absolute Gasteiger partial charge is 0.388 e. The van der Waals surface area contributed by atoms with E-state index in [1.54, 1.807) is 18.2 Å². The number of hydrogen-bond donors (Lipinski definition) is 1. The van der Waals surface area contributed by atoms with E-state index in [2.05, 4.69) is 15.9 Å². The minimum Gasteiger partial charge on any atom is -0.388 e. The number of aliphatic hydroxyl groups excluding tert-OH is 1. The first-order valence-electron chi connectivity index (χ1n) is 6.37. The average molecular weight is 359 g/mol. The summed E-state index contributed by atoms with van der Waals surface area (Å²) in [5.74, 6) is 0. The second-order valence-corrected chi connectivity index (χ2v) is 5.78. The lowest BCUT2D eigenvalue weighted by molar-refractivity contribution is -0.137. The fourth-order valence-corrected chi connectivity index (χ4v) is 2.43. The van der Waals surface area contributed by atoms with Crippen LogP contribution >= 0.6 is 15.9 Å². The Morgan fingerprint density at radius 1 is 1.14 bits per heavy atom. The number of halogens is 4. The van der Waals surface area contributed by atoms with Crippen molar-refractivity contribution in [3.05, 3.63) is 69.2 Å². The van der Waals surface area contributed by atoms with Crippen LogP contribution in [0.5, 0.6) is 0 Å². The standard InChI is InChI=1S/C16H14BrF3O/c1-10-5-6-12(9-14(10)17)15(21)8-11-3-2-4-13(7-11)16(18,19)20/h2-7,9,15,21H,8H2,1H3. The summed E-state index contributed by atoms with van der Waals surface area (Å²) in [6.45, 7) is 1.92. The van der Waals surface area contributed by atoms with E-state index >= 15 is 0 Å². The molecule has 0 aliphatic rings. The molecule has 1 nitrogen and oxygen atoms in total. The Morgan fingerprint density at radius 3 is 2.48 bits per heavy atom. The summed E-state index contributed by atoms with van der Waals surface area (Å²) in [6.07, 6.45) is -5.07. The maximum Gasteiger partial charge on any atom is 0.416 e. The van der Waals surface area contributed by atoms with Crippen LogP contribution in [0.25, 0.3) is 0 Å². The molecule has 2 aromatic carbocycles. The maximum absolute atomic E-state index is 12.7. The van der Waals surface area contributed by atoms with Crippen LogP contribution in [0, 0.1) is 6.92 Å². The summed E-state index contributed by atoms with van der Waals surface area (Å²) >= 11 is 3.38. The lowest BCUT2D eigenvalue weighted by Crippen LogP contribution is -2.07. The molecule has 2 rings (SSSR count). The van der Waals surface area contributed by atoms with E-state index in [1.807, 2.05) is 13.0 Å². The summed E-state index contributed by atoms with van der Waals surface area (Å²) in [5, 5.41) is 10.2. The van der Waals surface area contributed by atoms with Gasteiger partial charge in [0, 0.05) is 10.9 Å². The number of aryl methyl sites for hydroxylation is 1. The number of alkyl halides is 3. The quantitative estimate of drug-likeness (QED) is 0.813. The summed E-state index contributed by atoms with van der Waals surface area (Å²) in [7, 11) is 0. The van der Waals surface area contributed by atoms with Gasteiger partial charge in [-0.05, 0) is 35.7 Å². The van der Waals surface area contributed by atoms with Crippen LogP contribution < -0.4 is 0 Å². The molecule has 0 aromatic heterocycles. The van der Waals surface area contributed by atoms with E-state index in [4.69, 9.17) is 0 Å². The SMILES string of the molecule is Cc1ccc(C(O)Cc2cccc(C(F)(F)F)c2)cc1Br. The molecule has 21 heavy (non-hydrogen) atoms. The molecule has 0 saturated heterocycles. The Balaban J connectivity index is 2.19. The third-order valence-corrected chi connectivity index (χ3v) is 4.12. The Kier molecular flexibility index (Phi) is 4.74. The minimum absolute atomic E-state index is 0.138. The largest absolute Gasteiger partial charge is 0.416 e. The highest BCUT2D eigenvalue weighted by atomic mass is 79.9. The topological polar surface area (TPSA) is 20.2 Å². The van der Waals surface area contributed by atoms with Crippen LogP contribution in [-0.4, -0.2) is 5.11 Å². The molecule has 0 saturated carbocycles. The zero-order valence-electron chi connectivity index (χ0n) is 11.3. The fraction of sp³-hybridized carbons (Fsp3) is 0.250. The second-order valence-electron chi connectivity index (χ2n) is 4.93. The first kappa shape index (κ1) is 16.0. The van der Waals surface area contributed by atoms with E-state index in [1.165, 1.54) is 6.07 Å². The Hall–Kier alpha value is -1.33. The number of rotatable bonds is 3. The molecule has 0 radical (unpaired) electrons. The third kappa shape index (κ3) is 4.08. The van der Waals surface area contributed by atoms with Gasteiger partial charge in [0.2, 0.25) is 0 Å². The molecule has 1 N–H and O–H groups in total. The number of benzene rings is 2. The first-order valence-corrected chi connectivity index (χ1v) is 7.17. The van der Waals surface area contributed by atoms with E-state index in [9.17, 15) is 18.3 Å². The molecule has 5 heteroatoms. The van der Waals surface area contributed by atoms with E-state index < -0.39 is 17.8 Å². The molecule has 0 fully saturated rings. The van der Waals surface area contributed by atoms with E-state index in [-0.39, 0.29) is 6.42 Å². The van der Waals surface area contributed by atoms with Gasteiger partial charge in [0.25, 0.3) is 0 Å². The predicted molar refractivity (Wildman–Crippen MR) is 79.0 cm³/mol. The number of hydrogen-bond acceptors (Lipinski definition) is 1. The van der Waals surface area contributed by atoms with Crippen LogP contribution in [0.2, 0.25) is 0 Å². The van der Waals surface area contributed by atoms with Gasteiger partial charge >= 0.3 is 6.18 Å². The molecule has 0 aliphatic heterocycles. The Morgan fingerprint density at radius 2 is 1.86 bits per heavy atom. The van der Waals surface area contributed by atoms with Crippen molar-refractivity contribution >= 4 is 15.9 Å². The summed E-state index contributed by atoms with van der Waals surface area (Å²) < 4.78 is 38.8.